The molecule has 1 aromatic carbocycles. The Hall–Kier alpha value is -1.11. The van der Waals surface area contributed by atoms with Gasteiger partial charge in [0.25, 0.3) is 0 Å². The summed E-state index contributed by atoms with van der Waals surface area (Å²) in [6.45, 7) is 8.65. The van der Waals surface area contributed by atoms with Crippen molar-refractivity contribution in [3.63, 3.8) is 0 Å². The van der Waals surface area contributed by atoms with Gasteiger partial charge in [-0.05, 0) is 36.3 Å². The molecular formula is C16H24O. The number of Topliss-reactive ketones (excluding diaryl/α,β-unsaturated/α-hetero) is 1. The number of ketones is 1. The third-order valence-corrected chi connectivity index (χ3v) is 3.09. The molecule has 1 rings (SSSR count). The fraction of sp³-hybridized carbons (Fsp3) is 0.562. The molecule has 0 fully saturated rings. The van der Waals surface area contributed by atoms with Crippen LogP contribution in [0.15, 0.2) is 24.3 Å². The molecule has 0 heterocycles. The third kappa shape index (κ3) is 5.67. The molecule has 0 aliphatic rings. The maximum atomic E-state index is 11.8. The predicted octanol–water partition coefficient (Wildman–Crippen LogP) is 4.32. The highest BCUT2D eigenvalue weighted by Gasteiger charge is 2.12. The molecule has 17 heavy (non-hydrogen) atoms. The van der Waals surface area contributed by atoms with Gasteiger partial charge in [0.1, 0.15) is 5.78 Å². The van der Waals surface area contributed by atoms with E-state index < -0.39 is 0 Å². The first-order valence-electron chi connectivity index (χ1n) is 6.45. The van der Waals surface area contributed by atoms with E-state index in [-0.39, 0.29) is 5.41 Å². The third-order valence-electron chi connectivity index (χ3n) is 3.09. The van der Waals surface area contributed by atoms with Crippen LogP contribution in [0.3, 0.4) is 0 Å². The van der Waals surface area contributed by atoms with E-state index in [0.29, 0.717) is 12.2 Å². The molecule has 0 amide bonds. The Labute approximate surface area is 105 Å². The first kappa shape index (κ1) is 14.0. The number of hydrogen-bond donors (Lipinski definition) is 0. The predicted molar refractivity (Wildman–Crippen MR) is 73.2 cm³/mol. The molecule has 0 bridgehead atoms. The van der Waals surface area contributed by atoms with Crippen molar-refractivity contribution in [1.29, 1.82) is 0 Å². The lowest BCUT2D eigenvalue weighted by Gasteiger charge is -2.17. The summed E-state index contributed by atoms with van der Waals surface area (Å²) in [5.74, 6) is 0.392. The molecule has 0 saturated heterocycles. The van der Waals surface area contributed by atoms with Crippen LogP contribution in [0.25, 0.3) is 0 Å². The molecule has 0 aliphatic heterocycles. The van der Waals surface area contributed by atoms with E-state index in [0.717, 1.165) is 19.3 Å². The minimum Gasteiger partial charge on any atom is -0.300 e. The van der Waals surface area contributed by atoms with E-state index >= 15 is 0 Å². The van der Waals surface area contributed by atoms with Gasteiger partial charge in [0.2, 0.25) is 0 Å². The zero-order valence-corrected chi connectivity index (χ0v) is 11.5. The minimum atomic E-state index is 0.262. The van der Waals surface area contributed by atoms with E-state index in [1.807, 2.05) is 12.1 Å². The van der Waals surface area contributed by atoms with Crippen molar-refractivity contribution in [3.8, 4) is 0 Å². The van der Waals surface area contributed by atoms with Crippen LogP contribution in [0.2, 0.25) is 0 Å². The Bertz CT molecular complexity index is 371. The Balaban J connectivity index is 2.36. The standard InChI is InChI=1S/C16H24O/c1-13-7-5-6-8-14(13)9-10-15(17)11-12-16(2,3)4/h5-8H,9-12H2,1-4H3. The molecule has 0 aromatic heterocycles. The smallest absolute Gasteiger partial charge is 0.133 e. The summed E-state index contributed by atoms with van der Waals surface area (Å²) in [5, 5.41) is 0. The van der Waals surface area contributed by atoms with Crippen LogP contribution in [-0.2, 0) is 11.2 Å². The molecule has 0 saturated carbocycles. The Morgan fingerprint density at radius 2 is 1.76 bits per heavy atom. The molecule has 1 heteroatoms. The molecule has 1 nitrogen and oxygen atoms in total. The van der Waals surface area contributed by atoms with Crippen molar-refractivity contribution in [2.24, 2.45) is 5.41 Å². The molecule has 94 valence electrons. The largest absolute Gasteiger partial charge is 0.300 e. The van der Waals surface area contributed by atoms with Crippen molar-refractivity contribution in [2.75, 3.05) is 0 Å². The van der Waals surface area contributed by atoms with Crippen LogP contribution in [0.5, 0.6) is 0 Å². The van der Waals surface area contributed by atoms with Gasteiger partial charge in [-0.2, -0.15) is 0 Å². The van der Waals surface area contributed by atoms with E-state index in [1.165, 1.54) is 11.1 Å². The van der Waals surface area contributed by atoms with Crippen LogP contribution < -0.4 is 0 Å². The summed E-state index contributed by atoms with van der Waals surface area (Å²) >= 11 is 0. The average molecular weight is 232 g/mol. The highest BCUT2D eigenvalue weighted by atomic mass is 16.1. The maximum absolute atomic E-state index is 11.8. The summed E-state index contributed by atoms with van der Waals surface area (Å²) in [4.78, 5) is 11.8. The topological polar surface area (TPSA) is 17.1 Å². The molecule has 0 N–H and O–H groups in total. The zero-order chi connectivity index (χ0) is 12.9. The summed E-state index contributed by atoms with van der Waals surface area (Å²) in [7, 11) is 0. The van der Waals surface area contributed by atoms with Gasteiger partial charge < -0.3 is 0 Å². The van der Waals surface area contributed by atoms with Crippen molar-refractivity contribution in [3.05, 3.63) is 35.4 Å². The Morgan fingerprint density at radius 3 is 2.35 bits per heavy atom. The first-order chi connectivity index (χ1) is 7.88. The second kappa shape index (κ2) is 6.00. The number of benzene rings is 1. The van der Waals surface area contributed by atoms with Crippen molar-refractivity contribution < 1.29 is 4.79 Å². The van der Waals surface area contributed by atoms with E-state index in [1.54, 1.807) is 0 Å². The summed E-state index contributed by atoms with van der Waals surface area (Å²) in [6.07, 6.45) is 3.27. The monoisotopic (exact) mass is 232 g/mol. The number of aryl methyl sites for hydroxylation is 2. The molecule has 1 aromatic rings. The maximum Gasteiger partial charge on any atom is 0.133 e. The lowest BCUT2D eigenvalue weighted by atomic mass is 9.88. The highest BCUT2D eigenvalue weighted by molar-refractivity contribution is 5.78. The summed E-state index contributed by atoms with van der Waals surface area (Å²) < 4.78 is 0. The van der Waals surface area contributed by atoms with E-state index in [2.05, 4.69) is 39.8 Å². The Morgan fingerprint density at radius 1 is 1.12 bits per heavy atom. The second-order valence-corrected chi connectivity index (χ2v) is 6.03. The number of carbonyl (C=O) groups excluding carboxylic acids is 1. The zero-order valence-electron chi connectivity index (χ0n) is 11.5. The van der Waals surface area contributed by atoms with Crippen LogP contribution >= 0.6 is 0 Å². The molecule has 0 atom stereocenters. The van der Waals surface area contributed by atoms with Crippen molar-refractivity contribution in [2.45, 2.75) is 53.4 Å². The van der Waals surface area contributed by atoms with Gasteiger partial charge in [0.05, 0.1) is 0 Å². The quantitative estimate of drug-likeness (QED) is 0.738. The molecular weight excluding hydrogens is 208 g/mol. The summed E-state index contributed by atoms with van der Waals surface area (Å²) in [6, 6.07) is 8.31. The molecule has 0 radical (unpaired) electrons. The van der Waals surface area contributed by atoms with E-state index in [4.69, 9.17) is 0 Å². The number of rotatable bonds is 5. The number of carbonyl (C=O) groups is 1. The van der Waals surface area contributed by atoms with Crippen molar-refractivity contribution in [1.82, 2.24) is 0 Å². The molecule has 0 spiro atoms. The van der Waals surface area contributed by atoms with Gasteiger partial charge in [-0.15, -0.1) is 0 Å². The molecule has 0 aliphatic carbocycles. The lowest BCUT2D eigenvalue weighted by molar-refractivity contribution is -0.119. The first-order valence-corrected chi connectivity index (χ1v) is 6.45. The van der Waals surface area contributed by atoms with Gasteiger partial charge in [-0.3, -0.25) is 4.79 Å². The van der Waals surface area contributed by atoms with Gasteiger partial charge in [-0.1, -0.05) is 45.0 Å². The van der Waals surface area contributed by atoms with Gasteiger partial charge in [0.15, 0.2) is 0 Å². The van der Waals surface area contributed by atoms with E-state index in [9.17, 15) is 4.79 Å². The van der Waals surface area contributed by atoms with Gasteiger partial charge >= 0.3 is 0 Å². The van der Waals surface area contributed by atoms with Crippen LogP contribution in [0.4, 0.5) is 0 Å². The average Bonchev–Trinajstić information content (AvgIpc) is 2.24. The molecule has 0 unspecified atom stereocenters. The van der Waals surface area contributed by atoms with Crippen LogP contribution in [0, 0.1) is 12.3 Å². The Kier molecular flexibility index (Phi) is 4.92. The number of hydrogen-bond acceptors (Lipinski definition) is 1. The second-order valence-electron chi connectivity index (χ2n) is 6.03. The minimum absolute atomic E-state index is 0.262. The lowest BCUT2D eigenvalue weighted by Crippen LogP contribution is -2.09. The van der Waals surface area contributed by atoms with Crippen molar-refractivity contribution >= 4 is 5.78 Å². The highest BCUT2D eigenvalue weighted by Crippen LogP contribution is 2.21. The fourth-order valence-corrected chi connectivity index (χ4v) is 1.80. The summed E-state index contributed by atoms with van der Waals surface area (Å²) in [5.41, 5.74) is 2.85. The van der Waals surface area contributed by atoms with Gasteiger partial charge in [0, 0.05) is 12.8 Å². The van der Waals surface area contributed by atoms with Crippen LogP contribution in [0.1, 0.15) is 51.2 Å². The fourth-order valence-electron chi connectivity index (χ4n) is 1.80. The SMILES string of the molecule is Cc1ccccc1CCC(=O)CCC(C)(C)C. The normalized spacial score (nSPS) is 11.5. The van der Waals surface area contributed by atoms with Crippen LogP contribution in [-0.4, -0.2) is 5.78 Å². The van der Waals surface area contributed by atoms with Gasteiger partial charge in [-0.25, -0.2) is 0 Å².